The number of halogens is 1. The van der Waals surface area contributed by atoms with Crippen molar-refractivity contribution in [3.63, 3.8) is 0 Å². The van der Waals surface area contributed by atoms with Crippen LogP contribution >= 0.6 is 11.6 Å². The lowest BCUT2D eigenvalue weighted by Gasteiger charge is -2.02. The summed E-state index contributed by atoms with van der Waals surface area (Å²) >= 11 is 5.96. The molecule has 21 heavy (non-hydrogen) atoms. The molecule has 3 nitrogen and oxygen atoms in total. The number of nitrogens with one attached hydrogen (secondary N) is 1. The molecule has 1 aliphatic heterocycles. The summed E-state index contributed by atoms with van der Waals surface area (Å²) in [5.41, 5.74) is 4.81. The third kappa shape index (κ3) is 1.89. The van der Waals surface area contributed by atoms with Gasteiger partial charge in [0.15, 0.2) is 0 Å². The van der Waals surface area contributed by atoms with Crippen LogP contribution in [0.3, 0.4) is 0 Å². The van der Waals surface area contributed by atoms with Crippen LogP contribution in [0.15, 0.2) is 47.5 Å². The average Bonchev–Trinajstić information content (AvgIpc) is 2.77. The first-order valence-electron chi connectivity index (χ1n) is 6.70. The molecule has 102 valence electrons. The number of benzene rings is 2. The van der Waals surface area contributed by atoms with Gasteiger partial charge in [0, 0.05) is 28.6 Å². The van der Waals surface area contributed by atoms with Crippen molar-refractivity contribution < 1.29 is 4.79 Å². The van der Waals surface area contributed by atoms with E-state index in [0.29, 0.717) is 17.0 Å². The van der Waals surface area contributed by atoms with E-state index in [2.05, 4.69) is 9.98 Å². The number of carbonyl (C=O) groups is 1. The molecule has 4 heteroatoms. The lowest BCUT2D eigenvalue weighted by molar-refractivity contribution is 0.100. The Labute approximate surface area is 126 Å². The third-order valence-electron chi connectivity index (χ3n) is 3.79. The molecule has 2 aromatic carbocycles. The number of aliphatic imine (C=N–C) groups is 1. The Morgan fingerprint density at radius 3 is 2.71 bits per heavy atom. The molecule has 1 N–H and O–H groups in total. The fraction of sp³-hybridized carbons (Fsp3) is 0.0588. The molecule has 0 unspecified atom stereocenters. The highest BCUT2D eigenvalue weighted by molar-refractivity contribution is 6.30. The van der Waals surface area contributed by atoms with Gasteiger partial charge in [-0.2, -0.15) is 0 Å². The number of nitrogens with zero attached hydrogens (tertiary/aromatic N) is 1. The van der Waals surface area contributed by atoms with Crippen molar-refractivity contribution in [2.24, 2.45) is 4.99 Å². The van der Waals surface area contributed by atoms with Gasteiger partial charge in [-0.25, -0.2) is 4.99 Å². The van der Waals surface area contributed by atoms with Gasteiger partial charge < -0.3 is 4.98 Å². The lowest BCUT2D eigenvalue weighted by Crippen LogP contribution is -1.93. The minimum absolute atomic E-state index is 0.180. The van der Waals surface area contributed by atoms with E-state index < -0.39 is 0 Å². The van der Waals surface area contributed by atoms with E-state index in [1.807, 2.05) is 42.5 Å². The Bertz CT molecular complexity index is 891. The molecule has 1 aromatic heterocycles. The standard InChI is InChI=1S/C17H11ClN2O/c18-11-6-4-10(5-7-11)16-12-8-9-19-17(21)13-2-1-3-14(20-16)15(12)13/h1-7,9,20H,8H2. The first kappa shape index (κ1) is 12.4. The summed E-state index contributed by atoms with van der Waals surface area (Å²) in [6.45, 7) is 0. The van der Waals surface area contributed by atoms with Crippen LogP contribution in [-0.2, 0) is 6.42 Å². The van der Waals surface area contributed by atoms with E-state index in [1.54, 1.807) is 6.21 Å². The predicted molar refractivity (Wildman–Crippen MR) is 85.3 cm³/mol. The Hall–Kier alpha value is -2.39. The van der Waals surface area contributed by atoms with Crippen molar-refractivity contribution in [1.82, 2.24) is 4.98 Å². The van der Waals surface area contributed by atoms with Gasteiger partial charge in [-0.15, -0.1) is 0 Å². The van der Waals surface area contributed by atoms with Crippen molar-refractivity contribution in [2.75, 3.05) is 0 Å². The van der Waals surface area contributed by atoms with Gasteiger partial charge >= 0.3 is 0 Å². The smallest absolute Gasteiger partial charge is 0.277 e. The Balaban J connectivity index is 2.05. The molecule has 0 atom stereocenters. The van der Waals surface area contributed by atoms with Crippen LogP contribution in [0.2, 0.25) is 5.02 Å². The van der Waals surface area contributed by atoms with Crippen molar-refractivity contribution in [2.45, 2.75) is 6.42 Å². The number of aromatic nitrogens is 1. The molecular weight excluding hydrogens is 284 g/mol. The van der Waals surface area contributed by atoms with Crippen LogP contribution in [0.1, 0.15) is 15.9 Å². The maximum Gasteiger partial charge on any atom is 0.277 e. The molecule has 1 aliphatic rings. The monoisotopic (exact) mass is 294 g/mol. The van der Waals surface area contributed by atoms with Crippen LogP contribution in [0.25, 0.3) is 22.2 Å². The van der Waals surface area contributed by atoms with Crippen molar-refractivity contribution >= 4 is 34.6 Å². The summed E-state index contributed by atoms with van der Waals surface area (Å²) in [4.78, 5) is 19.5. The first-order chi connectivity index (χ1) is 10.2. The zero-order valence-corrected chi connectivity index (χ0v) is 11.8. The van der Waals surface area contributed by atoms with Gasteiger partial charge in [-0.1, -0.05) is 29.8 Å². The maximum absolute atomic E-state index is 12.1. The van der Waals surface area contributed by atoms with Crippen LogP contribution in [0.5, 0.6) is 0 Å². The highest BCUT2D eigenvalue weighted by atomic mass is 35.5. The summed E-state index contributed by atoms with van der Waals surface area (Å²) in [5, 5.41) is 1.68. The number of rotatable bonds is 1. The Morgan fingerprint density at radius 1 is 1.10 bits per heavy atom. The van der Waals surface area contributed by atoms with Crippen molar-refractivity contribution in [1.29, 1.82) is 0 Å². The zero-order chi connectivity index (χ0) is 14.4. The molecule has 0 aliphatic carbocycles. The second-order valence-corrected chi connectivity index (χ2v) is 5.47. The van der Waals surface area contributed by atoms with E-state index in [4.69, 9.17) is 11.6 Å². The van der Waals surface area contributed by atoms with E-state index in [0.717, 1.165) is 27.7 Å². The number of H-pyrrole nitrogens is 1. The first-order valence-corrected chi connectivity index (χ1v) is 7.08. The van der Waals surface area contributed by atoms with Gasteiger partial charge in [0.1, 0.15) is 0 Å². The Morgan fingerprint density at radius 2 is 1.90 bits per heavy atom. The minimum atomic E-state index is -0.180. The van der Waals surface area contributed by atoms with Crippen molar-refractivity contribution in [3.05, 3.63) is 58.6 Å². The number of carbonyl (C=O) groups excluding carboxylic acids is 1. The second-order valence-electron chi connectivity index (χ2n) is 5.03. The van der Waals surface area contributed by atoms with Crippen LogP contribution in [0.4, 0.5) is 0 Å². The normalized spacial score (nSPS) is 13.7. The summed E-state index contributed by atoms with van der Waals surface area (Å²) < 4.78 is 0. The number of hydrogen-bond donors (Lipinski definition) is 1. The molecule has 2 heterocycles. The number of hydrogen-bond acceptors (Lipinski definition) is 1. The maximum atomic E-state index is 12.1. The van der Waals surface area contributed by atoms with Crippen LogP contribution in [0, 0.1) is 0 Å². The fourth-order valence-electron chi connectivity index (χ4n) is 2.85. The van der Waals surface area contributed by atoms with Gasteiger partial charge in [-0.05, 0) is 35.4 Å². The largest absolute Gasteiger partial charge is 0.354 e. The molecule has 0 fully saturated rings. The molecular formula is C17H11ClN2O. The topological polar surface area (TPSA) is 45.2 Å². The van der Waals surface area contributed by atoms with E-state index in [9.17, 15) is 4.79 Å². The molecule has 3 aromatic rings. The highest BCUT2D eigenvalue weighted by Gasteiger charge is 2.20. The van der Waals surface area contributed by atoms with E-state index >= 15 is 0 Å². The molecule has 4 rings (SSSR count). The summed E-state index contributed by atoms with van der Waals surface area (Å²) in [7, 11) is 0. The van der Waals surface area contributed by atoms with Crippen LogP contribution < -0.4 is 0 Å². The van der Waals surface area contributed by atoms with Crippen molar-refractivity contribution in [3.8, 4) is 11.3 Å². The quantitative estimate of drug-likeness (QED) is 0.716. The average molecular weight is 295 g/mol. The predicted octanol–water partition coefficient (Wildman–Crippen LogP) is 4.26. The molecule has 1 amide bonds. The number of aromatic amines is 1. The van der Waals surface area contributed by atoms with Crippen LogP contribution in [-0.4, -0.2) is 17.1 Å². The summed E-state index contributed by atoms with van der Waals surface area (Å²) in [6.07, 6.45) is 2.32. The highest BCUT2D eigenvalue weighted by Crippen LogP contribution is 2.34. The molecule has 0 bridgehead atoms. The third-order valence-corrected chi connectivity index (χ3v) is 4.05. The Kier molecular flexibility index (Phi) is 2.69. The molecule has 0 spiro atoms. The van der Waals surface area contributed by atoms with E-state index in [1.165, 1.54) is 0 Å². The zero-order valence-electron chi connectivity index (χ0n) is 11.1. The second kappa shape index (κ2) is 4.57. The van der Waals surface area contributed by atoms with Gasteiger partial charge in [0.05, 0.1) is 11.3 Å². The molecule has 0 saturated heterocycles. The fourth-order valence-corrected chi connectivity index (χ4v) is 2.98. The number of amides is 1. The van der Waals surface area contributed by atoms with Gasteiger partial charge in [0.2, 0.25) is 0 Å². The van der Waals surface area contributed by atoms with Gasteiger partial charge in [-0.3, -0.25) is 4.79 Å². The molecule has 0 radical (unpaired) electrons. The minimum Gasteiger partial charge on any atom is -0.354 e. The summed E-state index contributed by atoms with van der Waals surface area (Å²) in [6, 6.07) is 13.4. The van der Waals surface area contributed by atoms with Gasteiger partial charge in [0.25, 0.3) is 5.91 Å². The summed E-state index contributed by atoms with van der Waals surface area (Å²) in [5.74, 6) is -0.180. The lowest BCUT2D eigenvalue weighted by atomic mass is 10.0. The van der Waals surface area contributed by atoms with E-state index in [-0.39, 0.29) is 5.91 Å². The SMILES string of the molecule is O=C1N=CCc2c(-c3ccc(Cl)cc3)[nH]c3cccc1c23. The molecule has 0 saturated carbocycles.